The Hall–Kier alpha value is -0.590. The Balaban J connectivity index is 2.18. The summed E-state index contributed by atoms with van der Waals surface area (Å²) in [6.45, 7) is 0. The third kappa shape index (κ3) is 4.69. The summed E-state index contributed by atoms with van der Waals surface area (Å²) in [5.74, 6) is -0.268. The van der Waals surface area contributed by atoms with Gasteiger partial charge >= 0.3 is 0 Å². The first-order valence-corrected chi connectivity index (χ1v) is 10.0. The Kier molecular flexibility index (Phi) is 5.68. The topological polar surface area (TPSA) is 63.2 Å². The molecule has 1 N–H and O–H groups in total. The van der Waals surface area contributed by atoms with Crippen molar-refractivity contribution in [3.63, 3.8) is 0 Å². The number of amides is 1. The van der Waals surface area contributed by atoms with Crippen molar-refractivity contribution in [1.82, 2.24) is 5.32 Å². The van der Waals surface area contributed by atoms with Crippen LogP contribution < -0.4 is 5.32 Å². The molecule has 0 unspecified atom stereocenters. The van der Waals surface area contributed by atoms with Gasteiger partial charge in [-0.2, -0.15) is 0 Å². The third-order valence-corrected chi connectivity index (χ3v) is 5.70. The second-order valence-corrected chi connectivity index (χ2v) is 8.66. The lowest BCUT2D eigenvalue weighted by Gasteiger charge is -2.17. The van der Waals surface area contributed by atoms with Crippen LogP contribution in [0.3, 0.4) is 0 Å². The second kappa shape index (κ2) is 7.11. The molecule has 1 saturated carbocycles. The van der Waals surface area contributed by atoms with Gasteiger partial charge in [0.25, 0.3) is 15.0 Å². The summed E-state index contributed by atoms with van der Waals surface area (Å²) < 4.78 is 23.3. The molecule has 0 saturated heterocycles. The molecule has 0 bridgehead atoms. The zero-order valence-corrected chi connectivity index (χ0v) is 14.6. The zero-order chi connectivity index (χ0) is 15.5. The van der Waals surface area contributed by atoms with Crippen LogP contribution in [0.2, 0.25) is 0 Å². The van der Waals surface area contributed by atoms with Crippen LogP contribution in [-0.2, 0) is 9.05 Å². The van der Waals surface area contributed by atoms with Crippen molar-refractivity contribution in [2.24, 2.45) is 0 Å². The Bertz CT molecular complexity index is 625. The van der Waals surface area contributed by atoms with Gasteiger partial charge in [0, 0.05) is 21.2 Å². The molecule has 21 heavy (non-hydrogen) atoms. The minimum atomic E-state index is -3.84. The lowest BCUT2D eigenvalue weighted by Crippen LogP contribution is -2.34. The molecule has 1 aromatic carbocycles. The number of nitrogens with one attached hydrogen (secondary N) is 1. The SMILES string of the molecule is O=C(NC1CCCCCC1)c1cc(S(=O)(=O)Cl)ccc1Br. The molecule has 7 heteroatoms. The first-order valence-electron chi connectivity index (χ1n) is 6.93. The van der Waals surface area contributed by atoms with Gasteiger partial charge in [-0.1, -0.05) is 25.7 Å². The first-order chi connectivity index (χ1) is 9.88. The number of carbonyl (C=O) groups excluding carboxylic acids is 1. The summed E-state index contributed by atoms with van der Waals surface area (Å²) in [4.78, 5) is 12.3. The average Bonchev–Trinajstić information content (AvgIpc) is 2.66. The van der Waals surface area contributed by atoms with Gasteiger partial charge in [-0.3, -0.25) is 4.79 Å². The molecule has 0 aromatic heterocycles. The van der Waals surface area contributed by atoms with E-state index in [1.54, 1.807) is 0 Å². The van der Waals surface area contributed by atoms with Crippen LogP contribution >= 0.6 is 26.6 Å². The van der Waals surface area contributed by atoms with Gasteiger partial charge in [-0.25, -0.2) is 8.42 Å². The van der Waals surface area contributed by atoms with E-state index in [0.29, 0.717) is 10.0 Å². The van der Waals surface area contributed by atoms with E-state index in [0.717, 1.165) is 25.7 Å². The van der Waals surface area contributed by atoms with E-state index in [1.807, 2.05) is 0 Å². The van der Waals surface area contributed by atoms with Crippen molar-refractivity contribution in [2.75, 3.05) is 0 Å². The van der Waals surface area contributed by atoms with Gasteiger partial charge in [0.15, 0.2) is 0 Å². The van der Waals surface area contributed by atoms with Gasteiger partial charge < -0.3 is 5.32 Å². The summed E-state index contributed by atoms with van der Waals surface area (Å²) in [6, 6.07) is 4.35. The van der Waals surface area contributed by atoms with Gasteiger partial charge in [-0.15, -0.1) is 0 Å². The maximum absolute atomic E-state index is 12.3. The van der Waals surface area contributed by atoms with E-state index in [2.05, 4.69) is 21.2 Å². The fraction of sp³-hybridized carbons (Fsp3) is 0.500. The van der Waals surface area contributed by atoms with Gasteiger partial charge in [-0.05, 0) is 47.0 Å². The summed E-state index contributed by atoms with van der Waals surface area (Å²) in [7, 11) is 1.48. The second-order valence-electron chi connectivity index (χ2n) is 5.24. The molecule has 1 fully saturated rings. The number of carbonyl (C=O) groups is 1. The smallest absolute Gasteiger partial charge is 0.261 e. The zero-order valence-electron chi connectivity index (χ0n) is 11.4. The van der Waals surface area contributed by atoms with Crippen LogP contribution in [-0.4, -0.2) is 20.4 Å². The Labute approximate surface area is 137 Å². The lowest BCUT2D eigenvalue weighted by molar-refractivity contribution is 0.0932. The van der Waals surface area contributed by atoms with Crippen LogP contribution in [0.4, 0.5) is 0 Å². The Morgan fingerprint density at radius 1 is 1.19 bits per heavy atom. The first kappa shape index (κ1) is 16.8. The van der Waals surface area contributed by atoms with Crippen LogP contribution in [0.25, 0.3) is 0 Å². The minimum absolute atomic E-state index is 0.0709. The lowest BCUT2D eigenvalue weighted by atomic mass is 10.1. The van der Waals surface area contributed by atoms with E-state index in [-0.39, 0.29) is 16.8 Å². The molecular formula is C14H17BrClNO3S. The quantitative estimate of drug-likeness (QED) is 0.626. The highest BCUT2D eigenvalue weighted by Crippen LogP contribution is 2.24. The number of halogens is 2. The van der Waals surface area contributed by atoms with E-state index < -0.39 is 9.05 Å². The average molecular weight is 395 g/mol. The molecule has 116 valence electrons. The number of hydrogen-bond donors (Lipinski definition) is 1. The summed E-state index contributed by atoms with van der Waals surface area (Å²) in [5.41, 5.74) is 0.293. The van der Waals surface area contributed by atoms with E-state index in [9.17, 15) is 13.2 Å². The Morgan fingerprint density at radius 3 is 2.38 bits per heavy atom. The summed E-state index contributed by atoms with van der Waals surface area (Å²) in [5, 5.41) is 2.99. The molecule has 2 rings (SSSR count). The normalized spacial score (nSPS) is 17.2. The number of hydrogen-bond acceptors (Lipinski definition) is 3. The van der Waals surface area contributed by atoms with Crippen molar-refractivity contribution in [3.8, 4) is 0 Å². The fourth-order valence-electron chi connectivity index (χ4n) is 2.52. The van der Waals surface area contributed by atoms with Gasteiger partial charge in [0.05, 0.1) is 10.5 Å². The highest BCUT2D eigenvalue weighted by atomic mass is 79.9. The standard InChI is InChI=1S/C14H17BrClNO3S/c15-13-8-7-11(21(16,19)20)9-12(13)14(18)17-10-5-3-1-2-4-6-10/h7-10H,1-6H2,(H,17,18). The predicted molar refractivity (Wildman–Crippen MR) is 86.1 cm³/mol. The Morgan fingerprint density at radius 2 is 1.81 bits per heavy atom. The molecule has 0 heterocycles. The van der Waals surface area contributed by atoms with E-state index >= 15 is 0 Å². The molecule has 1 amide bonds. The molecule has 0 aliphatic heterocycles. The maximum Gasteiger partial charge on any atom is 0.261 e. The summed E-state index contributed by atoms with van der Waals surface area (Å²) >= 11 is 3.28. The van der Waals surface area contributed by atoms with Crippen molar-refractivity contribution < 1.29 is 13.2 Å². The van der Waals surface area contributed by atoms with Gasteiger partial charge in [0.1, 0.15) is 0 Å². The number of benzene rings is 1. The molecule has 0 spiro atoms. The number of rotatable bonds is 3. The van der Waals surface area contributed by atoms with E-state index in [4.69, 9.17) is 10.7 Å². The van der Waals surface area contributed by atoms with Crippen molar-refractivity contribution in [1.29, 1.82) is 0 Å². The van der Waals surface area contributed by atoms with Crippen molar-refractivity contribution >= 4 is 41.6 Å². The van der Waals surface area contributed by atoms with Crippen LogP contribution in [0, 0.1) is 0 Å². The molecular weight excluding hydrogens is 378 g/mol. The molecule has 1 aliphatic carbocycles. The maximum atomic E-state index is 12.3. The van der Waals surface area contributed by atoms with Crippen LogP contribution in [0.1, 0.15) is 48.9 Å². The monoisotopic (exact) mass is 393 g/mol. The molecule has 0 atom stereocenters. The van der Waals surface area contributed by atoms with E-state index in [1.165, 1.54) is 31.0 Å². The molecule has 1 aliphatic rings. The van der Waals surface area contributed by atoms with Crippen molar-refractivity contribution in [2.45, 2.75) is 49.5 Å². The fourth-order valence-corrected chi connectivity index (χ4v) is 3.72. The van der Waals surface area contributed by atoms with Crippen LogP contribution in [0.15, 0.2) is 27.6 Å². The predicted octanol–water partition coefficient (Wildman–Crippen LogP) is 3.83. The highest BCUT2D eigenvalue weighted by molar-refractivity contribution is 9.10. The molecule has 1 aromatic rings. The van der Waals surface area contributed by atoms with Crippen molar-refractivity contribution in [3.05, 3.63) is 28.2 Å². The minimum Gasteiger partial charge on any atom is -0.349 e. The highest BCUT2D eigenvalue weighted by Gasteiger charge is 2.20. The van der Waals surface area contributed by atoms with Gasteiger partial charge in [0.2, 0.25) is 0 Å². The third-order valence-electron chi connectivity index (χ3n) is 3.65. The van der Waals surface area contributed by atoms with Crippen LogP contribution in [0.5, 0.6) is 0 Å². The largest absolute Gasteiger partial charge is 0.349 e. The molecule has 0 radical (unpaired) electrons. The summed E-state index contributed by atoms with van der Waals surface area (Å²) in [6.07, 6.45) is 6.57. The molecule has 4 nitrogen and oxygen atoms in total.